The lowest BCUT2D eigenvalue weighted by molar-refractivity contribution is 0.592. The summed E-state index contributed by atoms with van der Waals surface area (Å²) in [5, 5.41) is 18.6. The summed E-state index contributed by atoms with van der Waals surface area (Å²) in [7, 11) is -3.43. The van der Waals surface area contributed by atoms with Gasteiger partial charge in [-0.1, -0.05) is 30.3 Å². The molecule has 8 heteroatoms. The first-order valence-corrected chi connectivity index (χ1v) is 7.44. The monoisotopic (exact) mass is 281 g/mol. The van der Waals surface area contributed by atoms with Gasteiger partial charge in [0.1, 0.15) is 11.4 Å². The number of nitrogens with one attached hydrogen (secondary N) is 2. The topological polar surface area (TPSA) is 114 Å². The SMILES string of the molecule is NS(=O)(=O)CCNCc1n[nH]nc1-c1ccccc1. The van der Waals surface area contributed by atoms with Gasteiger partial charge in [-0.2, -0.15) is 15.4 Å². The van der Waals surface area contributed by atoms with Crippen LogP contribution in [0.5, 0.6) is 0 Å². The normalized spacial score (nSPS) is 11.6. The summed E-state index contributed by atoms with van der Waals surface area (Å²) >= 11 is 0. The number of hydrogen-bond acceptors (Lipinski definition) is 5. The Hall–Kier alpha value is -1.77. The lowest BCUT2D eigenvalue weighted by Gasteiger charge is -2.03. The number of nitrogens with zero attached hydrogens (tertiary/aromatic N) is 2. The first kappa shape index (κ1) is 13.7. The van der Waals surface area contributed by atoms with Crippen molar-refractivity contribution in [1.82, 2.24) is 20.7 Å². The molecule has 0 spiro atoms. The zero-order valence-electron chi connectivity index (χ0n) is 10.2. The summed E-state index contributed by atoms with van der Waals surface area (Å²) in [5.74, 6) is -0.106. The Balaban J connectivity index is 1.97. The Morgan fingerprint density at radius 1 is 1.21 bits per heavy atom. The van der Waals surface area contributed by atoms with Crippen LogP contribution in [-0.2, 0) is 16.6 Å². The minimum atomic E-state index is -3.43. The molecule has 4 N–H and O–H groups in total. The number of primary sulfonamides is 1. The predicted octanol–water partition coefficient (Wildman–Crippen LogP) is -0.150. The van der Waals surface area contributed by atoms with Crippen molar-refractivity contribution in [3.05, 3.63) is 36.0 Å². The Kier molecular flexibility index (Phi) is 4.25. The van der Waals surface area contributed by atoms with E-state index in [-0.39, 0.29) is 12.3 Å². The molecular formula is C11H15N5O2S. The molecule has 0 saturated carbocycles. The standard InChI is InChI=1S/C11H15N5O2S/c12-19(17,18)7-6-13-8-10-11(15-16-14-10)9-4-2-1-3-5-9/h1-5,13H,6-8H2,(H2,12,17,18)(H,14,15,16). The fourth-order valence-electron chi connectivity index (χ4n) is 1.62. The van der Waals surface area contributed by atoms with Crippen LogP contribution < -0.4 is 10.5 Å². The van der Waals surface area contributed by atoms with E-state index in [1.165, 1.54) is 0 Å². The van der Waals surface area contributed by atoms with E-state index in [9.17, 15) is 8.42 Å². The van der Waals surface area contributed by atoms with Crippen molar-refractivity contribution in [2.24, 2.45) is 5.14 Å². The van der Waals surface area contributed by atoms with Gasteiger partial charge in [-0.15, -0.1) is 0 Å². The average molecular weight is 281 g/mol. The van der Waals surface area contributed by atoms with Gasteiger partial charge in [-0.05, 0) is 0 Å². The Bertz CT molecular complexity index is 624. The second kappa shape index (κ2) is 5.91. The summed E-state index contributed by atoms with van der Waals surface area (Å²) < 4.78 is 21.6. The number of benzene rings is 1. The molecule has 2 aromatic rings. The van der Waals surface area contributed by atoms with Gasteiger partial charge in [-0.3, -0.25) is 0 Å². The van der Waals surface area contributed by atoms with Crippen molar-refractivity contribution in [1.29, 1.82) is 0 Å². The van der Waals surface area contributed by atoms with Crippen LogP contribution in [0.4, 0.5) is 0 Å². The van der Waals surface area contributed by atoms with Crippen molar-refractivity contribution in [3.63, 3.8) is 0 Å². The van der Waals surface area contributed by atoms with Gasteiger partial charge < -0.3 is 5.32 Å². The molecule has 1 heterocycles. The third-order valence-electron chi connectivity index (χ3n) is 2.52. The second-order valence-corrected chi connectivity index (χ2v) is 5.76. The van der Waals surface area contributed by atoms with E-state index in [0.29, 0.717) is 6.54 Å². The van der Waals surface area contributed by atoms with E-state index in [4.69, 9.17) is 5.14 Å². The maximum absolute atomic E-state index is 10.8. The van der Waals surface area contributed by atoms with E-state index in [2.05, 4.69) is 20.7 Å². The van der Waals surface area contributed by atoms with E-state index in [1.54, 1.807) is 0 Å². The molecule has 1 aromatic carbocycles. The number of aromatic nitrogens is 3. The molecule has 2 rings (SSSR count). The molecule has 0 unspecified atom stereocenters. The Morgan fingerprint density at radius 3 is 2.63 bits per heavy atom. The van der Waals surface area contributed by atoms with Crippen molar-refractivity contribution in [2.45, 2.75) is 6.54 Å². The van der Waals surface area contributed by atoms with E-state index >= 15 is 0 Å². The van der Waals surface area contributed by atoms with Crippen LogP contribution in [0.15, 0.2) is 30.3 Å². The summed E-state index contributed by atoms with van der Waals surface area (Å²) in [5.41, 5.74) is 2.45. The number of rotatable bonds is 6. The zero-order chi connectivity index (χ0) is 13.7. The van der Waals surface area contributed by atoms with Crippen molar-refractivity contribution in [2.75, 3.05) is 12.3 Å². The summed E-state index contributed by atoms with van der Waals surface area (Å²) in [6, 6.07) is 9.63. The Labute approximate surface area is 111 Å². The van der Waals surface area contributed by atoms with Gasteiger partial charge in [0, 0.05) is 18.7 Å². The lowest BCUT2D eigenvalue weighted by atomic mass is 10.1. The molecule has 0 bridgehead atoms. The highest BCUT2D eigenvalue weighted by molar-refractivity contribution is 7.89. The van der Waals surface area contributed by atoms with Crippen LogP contribution in [0.2, 0.25) is 0 Å². The van der Waals surface area contributed by atoms with Gasteiger partial charge >= 0.3 is 0 Å². The molecule has 0 saturated heterocycles. The highest BCUT2D eigenvalue weighted by Gasteiger charge is 2.09. The fourth-order valence-corrected chi connectivity index (χ4v) is 2.05. The lowest BCUT2D eigenvalue weighted by Crippen LogP contribution is -2.27. The molecule has 0 radical (unpaired) electrons. The zero-order valence-corrected chi connectivity index (χ0v) is 11.0. The molecule has 0 aliphatic rings. The molecular weight excluding hydrogens is 266 g/mol. The largest absolute Gasteiger partial charge is 0.310 e. The van der Waals surface area contributed by atoms with Crippen LogP contribution in [0.25, 0.3) is 11.3 Å². The third kappa shape index (κ3) is 4.12. The summed E-state index contributed by atoms with van der Waals surface area (Å²) in [6.45, 7) is 0.705. The van der Waals surface area contributed by atoms with Crippen LogP contribution in [0.1, 0.15) is 5.69 Å². The quantitative estimate of drug-likeness (QED) is 0.637. The molecule has 7 nitrogen and oxygen atoms in total. The number of aromatic amines is 1. The van der Waals surface area contributed by atoms with E-state index in [0.717, 1.165) is 17.0 Å². The van der Waals surface area contributed by atoms with E-state index in [1.807, 2.05) is 30.3 Å². The smallest absolute Gasteiger partial charge is 0.210 e. The van der Waals surface area contributed by atoms with Gasteiger partial charge in [0.15, 0.2) is 0 Å². The van der Waals surface area contributed by atoms with Gasteiger partial charge in [-0.25, -0.2) is 13.6 Å². The fraction of sp³-hybridized carbons (Fsp3) is 0.273. The highest BCUT2D eigenvalue weighted by atomic mass is 32.2. The maximum atomic E-state index is 10.8. The number of H-pyrrole nitrogens is 1. The van der Waals surface area contributed by atoms with Crippen molar-refractivity contribution >= 4 is 10.0 Å². The summed E-state index contributed by atoms with van der Waals surface area (Å²) in [4.78, 5) is 0. The minimum absolute atomic E-state index is 0.106. The molecule has 102 valence electrons. The predicted molar refractivity (Wildman–Crippen MR) is 71.5 cm³/mol. The second-order valence-electron chi connectivity index (χ2n) is 4.03. The molecule has 1 aromatic heterocycles. The first-order chi connectivity index (χ1) is 9.06. The van der Waals surface area contributed by atoms with Gasteiger partial charge in [0.05, 0.1) is 5.75 Å². The Morgan fingerprint density at radius 2 is 1.95 bits per heavy atom. The van der Waals surface area contributed by atoms with Crippen LogP contribution >= 0.6 is 0 Å². The summed E-state index contributed by atoms with van der Waals surface area (Å²) in [6.07, 6.45) is 0. The van der Waals surface area contributed by atoms with Gasteiger partial charge in [0.25, 0.3) is 0 Å². The van der Waals surface area contributed by atoms with Gasteiger partial charge in [0.2, 0.25) is 10.0 Å². The van der Waals surface area contributed by atoms with Crippen LogP contribution in [0, 0.1) is 0 Å². The molecule has 19 heavy (non-hydrogen) atoms. The molecule has 0 aliphatic carbocycles. The number of nitrogens with two attached hydrogens (primary N) is 1. The third-order valence-corrected chi connectivity index (χ3v) is 3.30. The molecule has 0 atom stereocenters. The minimum Gasteiger partial charge on any atom is -0.310 e. The van der Waals surface area contributed by atoms with Crippen LogP contribution in [-0.4, -0.2) is 36.1 Å². The molecule has 0 amide bonds. The van der Waals surface area contributed by atoms with Crippen molar-refractivity contribution < 1.29 is 8.42 Å². The molecule has 0 aliphatic heterocycles. The number of sulfonamides is 1. The molecule has 0 fully saturated rings. The van der Waals surface area contributed by atoms with Crippen LogP contribution in [0.3, 0.4) is 0 Å². The number of hydrogen-bond donors (Lipinski definition) is 3. The highest BCUT2D eigenvalue weighted by Crippen LogP contribution is 2.18. The van der Waals surface area contributed by atoms with E-state index < -0.39 is 10.0 Å². The first-order valence-electron chi connectivity index (χ1n) is 5.72. The average Bonchev–Trinajstić information content (AvgIpc) is 2.83. The maximum Gasteiger partial charge on any atom is 0.210 e. The van der Waals surface area contributed by atoms with Crippen molar-refractivity contribution in [3.8, 4) is 11.3 Å².